The summed E-state index contributed by atoms with van der Waals surface area (Å²) >= 11 is 0. The van der Waals surface area contributed by atoms with Gasteiger partial charge < -0.3 is 0 Å². The second-order valence-electron chi connectivity index (χ2n) is 3.74. The van der Waals surface area contributed by atoms with Crippen LogP contribution in [0.4, 0.5) is 0 Å². The highest BCUT2D eigenvalue weighted by atomic mass is 16.1. The number of rotatable bonds is 0. The summed E-state index contributed by atoms with van der Waals surface area (Å²) in [6.07, 6.45) is 1.85. The molecular weight excluding hydrogens is 202 g/mol. The van der Waals surface area contributed by atoms with Gasteiger partial charge in [-0.3, -0.25) is 0 Å². The maximum Gasteiger partial charge on any atom is 0.357 e. The second-order valence-corrected chi connectivity index (χ2v) is 3.74. The number of nitrogens with zero attached hydrogens (tertiary/aromatic N) is 2. The van der Waals surface area contributed by atoms with Crippen LogP contribution in [0, 0.1) is 6.92 Å². The quantitative estimate of drug-likeness (QED) is 0.446. The zero-order valence-electron chi connectivity index (χ0n) is 8.77. The van der Waals surface area contributed by atoms with Crippen LogP contribution in [-0.2, 0) is 0 Å². The topological polar surface area (TPSA) is 49.9 Å². The van der Waals surface area contributed by atoms with Gasteiger partial charge in [-0.25, -0.2) is 9.78 Å². The Morgan fingerprint density at radius 3 is 2.94 bits per heavy atom. The van der Waals surface area contributed by atoms with Gasteiger partial charge in [0.05, 0.1) is 5.39 Å². The van der Waals surface area contributed by atoms with Crippen molar-refractivity contribution in [3.05, 3.63) is 52.6 Å². The molecule has 2 aromatic heterocycles. The van der Waals surface area contributed by atoms with Gasteiger partial charge in [0, 0.05) is 0 Å². The summed E-state index contributed by atoms with van der Waals surface area (Å²) in [7, 11) is 0. The minimum atomic E-state index is -0.142. The highest BCUT2D eigenvalue weighted by Gasteiger charge is 2.10. The molecule has 4 nitrogen and oxygen atoms in total. The van der Waals surface area contributed by atoms with Crippen molar-refractivity contribution in [1.82, 2.24) is 10.1 Å². The van der Waals surface area contributed by atoms with Gasteiger partial charge in [-0.15, -0.1) is 4.52 Å². The third kappa shape index (κ3) is 1.20. The Balaban J connectivity index is 2.60. The second kappa shape index (κ2) is 3.13. The molecule has 0 aliphatic carbocycles. The maximum absolute atomic E-state index is 11.5. The maximum atomic E-state index is 11.5. The Morgan fingerprint density at radius 2 is 2.06 bits per heavy atom. The molecule has 2 heterocycles. The first kappa shape index (κ1) is 9.03. The zero-order chi connectivity index (χ0) is 11.1. The largest absolute Gasteiger partial charge is 0.357 e. The molecule has 0 saturated heterocycles. The molecule has 16 heavy (non-hydrogen) atoms. The Hall–Kier alpha value is -2.23. The van der Waals surface area contributed by atoms with E-state index < -0.39 is 0 Å². The van der Waals surface area contributed by atoms with E-state index in [0.717, 1.165) is 16.4 Å². The number of aromatic amines is 1. The van der Waals surface area contributed by atoms with Gasteiger partial charge >= 0.3 is 11.2 Å². The van der Waals surface area contributed by atoms with E-state index >= 15 is 0 Å². The van der Waals surface area contributed by atoms with E-state index in [-0.39, 0.29) is 5.56 Å². The van der Waals surface area contributed by atoms with E-state index in [0.29, 0.717) is 5.69 Å². The van der Waals surface area contributed by atoms with Crippen molar-refractivity contribution in [2.24, 2.45) is 0 Å². The number of hydrogen-bond donors (Lipinski definition) is 1. The van der Waals surface area contributed by atoms with Crippen LogP contribution in [0.5, 0.6) is 0 Å². The summed E-state index contributed by atoms with van der Waals surface area (Å²) in [4.78, 5) is 14.4. The summed E-state index contributed by atoms with van der Waals surface area (Å²) in [5, 5.41) is 6.28. The highest BCUT2D eigenvalue weighted by molar-refractivity contribution is 5.91. The van der Waals surface area contributed by atoms with Crippen LogP contribution in [0.15, 0.2) is 41.3 Å². The van der Waals surface area contributed by atoms with Gasteiger partial charge in [-0.2, -0.15) is 0 Å². The summed E-state index contributed by atoms with van der Waals surface area (Å²) in [5.74, 6) is 0. The van der Waals surface area contributed by atoms with E-state index in [2.05, 4.69) is 10.1 Å². The van der Waals surface area contributed by atoms with Gasteiger partial charge in [0.2, 0.25) is 0 Å². The van der Waals surface area contributed by atoms with E-state index in [1.807, 2.05) is 36.5 Å². The van der Waals surface area contributed by atoms with E-state index in [9.17, 15) is 4.79 Å². The average molecular weight is 212 g/mol. The van der Waals surface area contributed by atoms with Gasteiger partial charge in [-0.05, 0) is 24.4 Å². The van der Waals surface area contributed by atoms with Crippen LogP contribution >= 0.6 is 0 Å². The van der Waals surface area contributed by atoms with Gasteiger partial charge in [0.25, 0.3) is 0 Å². The minimum Gasteiger partial charge on any atom is -0.239 e. The third-order valence-corrected chi connectivity index (χ3v) is 2.66. The van der Waals surface area contributed by atoms with E-state index in [1.54, 1.807) is 11.4 Å². The molecule has 1 N–H and O–H groups in total. The van der Waals surface area contributed by atoms with Gasteiger partial charge in [0.15, 0.2) is 5.69 Å². The van der Waals surface area contributed by atoms with Crippen molar-refractivity contribution in [3.8, 4) is 0 Å². The Kier molecular flexibility index (Phi) is 1.77. The normalized spacial score (nSPS) is 11.1. The van der Waals surface area contributed by atoms with Crippen LogP contribution in [0.1, 0.15) is 5.69 Å². The fourth-order valence-electron chi connectivity index (χ4n) is 1.82. The monoisotopic (exact) mass is 212 g/mol. The molecule has 0 aliphatic heterocycles. The molecule has 0 bridgehead atoms. The molecule has 3 rings (SSSR count). The zero-order valence-corrected chi connectivity index (χ0v) is 8.77. The third-order valence-electron chi connectivity index (χ3n) is 2.66. The first-order valence-electron chi connectivity index (χ1n) is 5.06. The number of nitrogens with one attached hydrogen (secondary N) is 1. The molecule has 0 amide bonds. The summed E-state index contributed by atoms with van der Waals surface area (Å²) < 4.78 is 1.69. The smallest absolute Gasteiger partial charge is 0.239 e. The molecule has 0 radical (unpaired) electrons. The predicted molar refractivity (Wildman–Crippen MR) is 60.3 cm³/mol. The fourth-order valence-corrected chi connectivity index (χ4v) is 1.82. The van der Waals surface area contributed by atoms with Crippen LogP contribution < -0.4 is 10.1 Å². The van der Waals surface area contributed by atoms with E-state index in [1.165, 1.54) is 0 Å². The minimum absolute atomic E-state index is 0.142. The molecular formula is C12H10N3O+. The van der Waals surface area contributed by atoms with Crippen molar-refractivity contribution in [3.63, 3.8) is 0 Å². The number of aryl methyl sites for hydroxylation is 1. The van der Waals surface area contributed by atoms with Crippen LogP contribution in [0.25, 0.3) is 16.4 Å². The molecule has 0 spiro atoms. The highest BCUT2D eigenvalue weighted by Crippen LogP contribution is 2.13. The first-order valence-corrected chi connectivity index (χ1v) is 5.06. The van der Waals surface area contributed by atoms with Crippen LogP contribution in [0.2, 0.25) is 0 Å². The van der Waals surface area contributed by atoms with Crippen molar-refractivity contribution >= 4 is 16.4 Å². The molecule has 0 aliphatic rings. The molecule has 0 saturated carbocycles. The summed E-state index contributed by atoms with van der Waals surface area (Å²) in [6, 6.07) is 9.87. The number of hydrogen-bond acceptors (Lipinski definition) is 2. The summed E-state index contributed by atoms with van der Waals surface area (Å²) in [6.45, 7) is 1.69. The lowest BCUT2D eigenvalue weighted by atomic mass is 10.2. The SMILES string of the molecule is Cc1n[n+]2ccc3ccccc3c2[nH]c1=O. The number of fused-ring (bicyclic) bond motifs is 3. The molecule has 1 aromatic carbocycles. The standard InChI is InChI=1S/C12H9N3O/c1-8-12(16)13-11-10-5-3-2-4-9(10)6-7-15(11)14-8/h2-7H,1H3/p+1. The first-order chi connectivity index (χ1) is 7.75. The van der Waals surface area contributed by atoms with Crippen molar-refractivity contribution in [2.75, 3.05) is 0 Å². The van der Waals surface area contributed by atoms with Crippen molar-refractivity contribution in [1.29, 1.82) is 0 Å². The lowest BCUT2D eigenvalue weighted by Crippen LogP contribution is -2.33. The van der Waals surface area contributed by atoms with Gasteiger partial charge in [0.1, 0.15) is 6.20 Å². The summed E-state index contributed by atoms with van der Waals surface area (Å²) in [5.41, 5.74) is 1.05. The number of pyridine rings is 1. The number of benzene rings is 1. The van der Waals surface area contributed by atoms with Gasteiger partial charge in [-0.1, -0.05) is 23.3 Å². The lowest BCUT2D eigenvalue weighted by Gasteiger charge is -1.97. The predicted octanol–water partition coefficient (Wildman–Crippen LogP) is 0.970. The van der Waals surface area contributed by atoms with Crippen molar-refractivity contribution in [2.45, 2.75) is 6.92 Å². The average Bonchev–Trinajstić information content (AvgIpc) is 2.31. The molecule has 0 unspecified atom stereocenters. The van der Waals surface area contributed by atoms with Crippen LogP contribution in [-0.4, -0.2) is 10.1 Å². The molecule has 3 aromatic rings. The molecule has 78 valence electrons. The Bertz CT molecular complexity index is 746. The number of H-pyrrole nitrogens is 1. The number of aromatic nitrogens is 3. The Labute approximate surface area is 91.2 Å². The molecule has 4 heteroatoms. The lowest BCUT2D eigenvalue weighted by molar-refractivity contribution is -0.583. The molecule has 0 fully saturated rings. The van der Waals surface area contributed by atoms with Crippen molar-refractivity contribution < 1.29 is 4.52 Å². The Morgan fingerprint density at radius 1 is 1.25 bits per heavy atom. The van der Waals surface area contributed by atoms with E-state index in [4.69, 9.17) is 0 Å². The molecule has 0 atom stereocenters. The van der Waals surface area contributed by atoms with Crippen LogP contribution in [0.3, 0.4) is 0 Å². The fraction of sp³-hybridized carbons (Fsp3) is 0.0833.